The second-order valence-electron chi connectivity index (χ2n) is 6.99. The SMILES string of the molecule is CC(C)(C)c1nc(C(=O)O)nc2cccc(NCc3ccccc3)c12. The second-order valence-corrected chi connectivity index (χ2v) is 6.99. The highest BCUT2D eigenvalue weighted by atomic mass is 16.4. The van der Waals surface area contributed by atoms with Gasteiger partial charge < -0.3 is 10.4 Å². The van der Waals surface area contributed by atoms with Crippen molar-refractivity contribution in [1.29, 1.82) is 0 Å². The summed E-state index contributed by atoms with van der Waals surface area (Å²) in [5.74, 6) is -1.28. The Morgan fingerprint density at radius 1 is 1.04 bits per heavy atom. The van der Waals surface area contributed by atoms with E-state index in [1.54, 1.807) is 0 Å². The third kappa shape index (κ3) is 3.60. The molecule has 0 unspecified atom stereocenters. The van der Waals surface area contributed by atoms with Gasteiger partial charge in [-0.25, -0.2) is 14.8 Å². The van der Waals surface area contributed by atoms with Crippen molar-refractivity contribution >= 4 is 22.6 Å². The molecule has 0 atom stereocenters. The highest BCUT2D eigenvalue weighted by molar-refractivity contribution is 5.96. The monoisotopic (exact) mass is 335 g/mol. The molecular weight excluding hydrogens is 314 g/mol. The molecule has 2 N–H and O–H groups in total. The fraction of sp³-hybridized carbons (Fsp3) is 0.250. The molecule has 2 aromatic carbocycles. The minimum atomic E-state index is -1.12. The van der Waals surface area contributed by atoms with Gasteiger partial charge in [0.25, 0.3) is 0 Å². The Labute approximate surface area is 146 Å². The first-order valence-corrected chi connectivity index (χ1v) is 8.18. The highest BCUT2D eigenvalue weighted by Crippen LogP contribution is 2.33. The Morgan fingerprint density at radius 2 is 1.76 bits per heavy atom. The fourth-order valence-electron chi connectivity index (χ4n) is 2.76. The molecule has 1 heterocycles. The average Bonchev–Trinajstić information content (AvgIpc) is 2.58. The normalized spacial score (nSPS) is 11.5. The smallest absolute Gasteiger partial charge is 0.373 e. The maximum atomic E-state index is 11.4. The maximum Gasteiger partial charge on any atom is 0.373 e. The number of carboxylic acid groups (broad SMARTS) is 1. The number of hydrogen-bond donors (Lipinski definition) is 2. The zero-order chi connectivity index (χ0) is 18.0. The van der Waals surface area contributed by atoms with Gasteiger partial charge in [-0.1, -0.05) is 57.2 Å². The van der Waals surface area contributed by atoms with E-state index in [9.17, 15) is 9.90 Å². The first kappa shape index (κ1) is 16.9. The van der Waals surface area contributed by atoms with E-state index in [2.05, 4.69) is 27.4 Å². The van der Waals surface area contributed by atoms with E-state index in [4.69, 9.17) is 0 Å². The van der Waals surface area contributed by atoms with Crippen LogP contribution in [0.5, 0.6) is 0 Å². The van der Waals surface area contributed by atoms with E-state index < -0.39 is 5.97 Å². The summed E-state index contributed by atoms with van der Waals surface area (Å²) < 4.78 is 0. The van der Waals surface area contributed by atoms with Crippen LogP contribution in [0, 0.1) is 0 Å². The van der Waals surface area contributed by atoms with Gasteiger partial charge in [-0.3, -0.25) is 0 Å². The molecule has 0 saturated heterocycles. The molecular formula is C20H21N3O2. The molecule has 0 bridgehead atoms. The van der Waals surface area contributed by atoms with Crippen molar-refractivity contribution in [3.63, 3.8) is 0 Å². The number of fused-ring (bicyclic) bond motifs is 1. The van der Waals surface area contributed by atoms with Crippen LogP contribution in [-0.4, -0.2) is 21.0 Å². The number of nitrogens with zero attached hydrogens (tertiary/aromatic N) is 2. The Hall–Kier alpha value is -2.95. The maximum absolute atomic E-state index is 11.4. The minimum absolute atomic E-state index is 0.169. The molecule has 0 radical (unpaired) electrons. The molecule has 0 aliphatic rings. The standard InChI is InChI=1S/C20H21N3O2/c1-20(2,3)17-16-14(21-12-13-8-5-4-6-9-13)10-7-11-15(16)22-18(23-17)19(24)25/h4-11,21H,12H2,1-3H3,(H,24,25). The largest absolute Gasteiger partial charge is 0.475 e. The van der Waals surface area contributed by atoms with E-state index in [0.717, 1.165) is 16.8 Å². The summed E-state index contributed by atoms with van der Waals surface area (Å²) in [7, 11) is 0. The highest BCUT2D eigenvalue weighted by Gasteiger charge is 2.24. The molecule has 1 aromatic heterocycles. The van der Waals surface area contributed by atoms with Crippen LogP contribution >= 0.6 is 0 Å². The van der Waals surface area contributed by atoms with E-state index in [1.165, 1.54) is 5.56 Å². The predicted molar refractivity (Wildman–Crippen MR) is 99.0 cm³/mol. The summed E-state index contributed by atoms with van der Waals surface area (Å²) in [5.41, 5.74) is 3.13. The predicted octanol–water partition coefficient (Wildman–Crippen LogP) is 4.24. The summed E-state index contributed by atoms with van der Waals surface area (Å²) in [6.07, 6.45) is 0. The van der Waals surface area contributed by atoms with Crippen molar-refractivity contribution in [2.75, 3.05) is 5.32 Å². The Bertz CT molecular complexity index is 915. The first-order valence-electron chi connectivity index (χ1n) is 8.18. The molecule has 0 fully saturated rings. The van der Waals surface area contributed by atoms with Crippen LogP contribution in [0.3, 0.4) is 0 Å². The number of hydrogen-bond acceptors (Lipinski definition) is 4. The van der Waals surface area contributed by atoms with E-state index in [0.29, 0.717) is 12.1 Å². The van der Waals surface area contributed by atoms with Crippen LogP contribution in [0.15, 0.2) is 48.5 Å². The van der Waals surface area contributed by atoms with Crippen molar-refractivity contribution in [3.8, 4) is 0 Å². The third-order valence-electron chi connectivity index (χ3n) is 3.95. The molecule has 0 aliphatic carbocycles. The number of benzene rings is 2. The van der Waals surface area contributed by atoms with Gasteiger partial charge in [0, 0.05) is 23.0 Å². The number of carboxylic acids is 1. The van der Waals surface area contributed by atoms with Gasteiger partial charge in [-0.05, 0) is 17.7 Å². The van der Waals surface area contributed by atoms with Crippen LogP contribution in [0.2, 0.25) is 0 Å². The van der Waals surface area contributed by atoms with Crippen molar-refractivity contribution in [2.45, 2.75) is 32.7 Å². The lowest BCUT2D eigenvalue weighted by Gasteiger charge is -2.22. The van der Waals surface area contributed by atoms with Gasteiger partial charge in [-0.15, -0.1) is 0 Å². The van der Waals surface area contributed by atoms with Crippen LogP contribution in [-0.2, 0) is 12.0 Å². The van der Waals surface area contributed by atoms with E-state index in [1.807, 2.05) is 57.2 Å². The van der Waals surface area contributed by atoms with E-state index >= 15 is 0 Å². The molecule has 3 rings (SSSR count). The van der Waals surface area contributed by atoms with Gasteiger partial charge >= 0.3 is 5.97 Å². The summed E-state index contributed by atoms with van der Waals surface area (Å²) in [4.78, 5) is 19.9. The third-order valence-corrected chi connectivity index (χ3v) is 3.95. The number of anilines is 1. The number of aromatic carboxylic acids is 1. The quantitative estimate of drug-likeness (QED) is 0.746. The lowest BCUT2D eigenvalue weighted by atomic mass is 9.88. The van der Waals surface area contributed by atoms with Gasteiger partial charge in [0.05, 0.1) is 11.2 Å². The number of carbonyl (C=O) groups is 1. The minimum Gasteiger partial charge on any atom is -0.475 e. The molecule has 3 aromatic rings. The zero-order valence-electron chi connectivity index (χ0n) is 14.6. The molecule has 0 aliphatic heterocycles. The van der Waals surface area contributed by atoms with Crippen LogP contribution in [0.25, 0.3) is 10.9 Å². The van der Waals surface area contributed by atoms with Gasteiger partial charge in [0.1, 0.15) is 0 Å². The molecule has 0 saturated carbocycles. The lowest BCUT2D eigenvalue weighted by molar-refractivity contribution is 0.0683. The Kier molecular flexibility index (Phi) is 4.40. The van der Waals surface area contributed by atoms with Gasteiger partial charge in [0.15, 0.2) is 0 Å². The van der Waals surface area contributed by atoms with Gasteiger partial charge in [0.2, 0.25) is 5.82 Å². The van der Waals surface area contributed by atoms with Crippen LogP contribution < -0.4 is 5.32 Å². The molecule has 128 valence electrons. The molecule has 0 spiro atoms. The van der Waals surface area contributed by atoms with Gasteiger partial charge in [-0.2, -0.15) is 0 Å². The first-order chi connectivity index (χ1) is 11.9. The molecule has 25 heavy (non-hydrogen) atoms. The van der Waals surface area contributed by atoms with Crippen LogP contribution in [0.4, 0.5) is 5.69 Å². The summed E-state index contributed by atoms with van der Waals surface area (Å²) in [5, 5.41) is 13.6. The van der Waals surface area contributed by atoms with Crippen molar-refractivity contribution in [2.24, 2.45) is 0 Å². The Balaban J connectivity index is 2.11. The average molecular weight is 335 g/mol. The summed E-state index contributed by atoms with van der Waals surface area (Å²) in [6, 6.07) is 15.8. The van der Waals surface area contributed by atoms with Crippen molar-refractivity contribution < 1.29 is 9.90 Å². The molecule has 0 amide bonds. The Morgan fingerprint density at radius 3 is 2.40 bits per heavy atom. The fourth-order valence-corrected chi connectivity index (χ4v) is 2.76. The second kappa shape index (κ2) is 6.51. The lowest BCUT2D eigenvalue weighted by Crippen LogP contribution is -2.19. The van der Waals surface area contributed by atoms with Crippen molar-refractivity contribution in [1.82, 2.24) is 9.97 Å². The van der Waals surface area contributed by atoms with E-state index in [-0.39, 0.29) is 11.2 Å². The van der Waals surface area contributed by atoms with Crippen molar-refractivity contribution in [3.05, 3.63) is 65.6 Å². The number of nitrogens with one attached hydrogen (secondary N) is 1. The summed E-state index contributed by atoms with van der Waals surface area (Å²) >= 11 is 0. The molecule has 5 heteroatoms. The molecule has 5 nitrogen and oxygen atoms in total. The topological polar surface area (TPSA) is 75.1 Å². The summed E-state index contributed by atoms with van der Waals surface area (Å²) in [6.45, 7) is 6.74. The number of rotatable bonds is 4. The zero-order valence-corrected chi connectivity index (χ0v) is 14.6. The number of aromatic nitrogens is 2. The van der Waals surface area contributed by atoms with Crippen LogP contribution in [0.1, 0.15) is 42.6 Å².